The van der Waals surface area contributed by atoms with Crippen LogP contribution in [0.4, 0.5) is 13.2 Å². The number of halogens is 3. The number of nitrogens with one attached hydrogen (secondary N) is 1. The van der Waals surface area contributed by atoms with Crippen LogP contribution in [-0.2, 0) is 6.54 Å². The maximum Gasteiger partial charge on any atom is 0.401 e. The molecule has 0 radical (unpaired) electrons. The van der Waals surface area contributed by atoms with Crippen LogP contribution in [-0.4, -0.2) is 32.8 Å². The van der Waals surface area contributed by atoms with Crippen LogP contribution in [0.15, 0.2) is 23.1 Å². The second-order valence-electron chi connectivity index (χ2n) is 3.33. The molecule has 0 saturated heterocycles. The molecule has 0 unspecified atom stereocenters. The molecular weight excluding hydrogens is 251 g/mol. The van der Waals surface area contributed by atoms with E-state index in [1.165, 1.54) is 12.5 Å². The zero-order valence-corrected chi connectivity index (χ0v) is 8.98. The minimum atomic E-state index is -4.27. The molecule has 0 spiro atoms. The van der Waals surface area contributed by atoms with Crippen molar-refractivity contribution in [3.05, 3.63) is 24.5 Å². The maximum absolute atomic E-state index is 11.9. The summed E-state index contributed by atoms with van der Waals surface area (Å²) in [5.74, 6) is 0.272. The molecule has 0 aliphatic rings. The lowest BCUT2D eigenvalue weighted by Gasteiger charge is -2.05. The number of rotatable bonds is 4. The Morgan fingerprint density at radius 1 is 1.33 bits per heavy atom. The zero-order chi connectivity index (χ0) is 13.0. The third-order valence-corrected chi connectivity index (χ3v) is 1.88. The Morgan fingerprint density at radius 3 is 2.83 bits per heavy atom. The summed E-state index contributed by atoms with van der Waals surface area (Å²) in [6.07, 6.45) is -1.46. The van der Waals surface area contributed by atoms with E-state index in [0.717, 1.165) is 0 Å². The van der Waals surface area contributed by atoms with Crippen LogP contribution in [0.2, 0.25) is 0 Å². The van der Waals surface area contributed by atoms with E-state index >= 15 is 0 Å². The van der Waals surface area contributed by atoms with Crippen molar-refractivity contribution in [3.63, 3.8) is 0 Å². The fourth-order valence-corrected chi connectivity index (χ4v) is 1.16. The molecule has 18 heavy (non-hydrogen) atoms. The molecule has 2 aromatic heterocycles. The summed E-state index contributed by atoms with van der Waals surface area (Å²) in [4.78, 5) is 11.5. The second kappa shape index (κ2) is 5.08. The van der Waals surface area contributed by atoms with Crippen LogP contribution in [0.3, 0.4) is 0 Å². The minimum absolute atomic E-state index is 0.0628. The first kappa shape index (κ1) is 12.4. The first-order valence-corrected chi connectivity index (χ1v) is 4.91. The van der Waals surface area contributed by atoms with Crippen molar-refractivity contribution in [3.8, 4) is 11.5 Å². The maximum atomic E-state index is 11.9. The average Bonchev–Trinajstić information content (AvgIpc) is 2.77. The van der Waals surface area contributed by atoms with E-state index < -0.39 is 12.7 Å². The summed E-state index contributed by atoms with van der Waals surface area (Å²) >= 11 is 0. The van der Waals surface area contributed by atoms with E-state index in [2.05, 4.69) is 25.4 Å². The Labute approximate surface area is 99.3 Å². The van der Waals surface area contributed by atoms with E-state index in [1.807, 2.05) is 0 Å². The smallest absolute Gasteiger partial charge is 0.337 e. The van der Waals surface area contributed by atoms with Crippen LogP contribution >= 0.6 is 0 Å². The predicted molar refractivity (Wildman–Crippen MR) is 53.1 cm³/mol. The summed E-state index contributed by atoms with van der Waals surface area (Å²) in [7, 11) is 0. The van der Waals surface area contributed by atoms with Gasteiger partial charge in [0.15, 0.2) is 0 Å². The highest BCUT2D eigenvalue weighted by Crippen LogP contribution is 2.13. The summed E-state index contributed by atoms with van der Waals surface area (Å²) in [6.45, 7) is -1.27. The molecule has 2 aromatic rings. The molecule has 0 amide bonds. The highest BCUT2D eigenvalue weighted by Gasteiger charge is 2.26. The molecule has 0 atom stereocenters. The summed E-state index contributed by atoms with van der Waals surface area (Å²) in [5, 5.41) is 5.76. The van der Waals surface area contributed by atoms with Crippen molar-refractivity contribution >= 4 is 0 Å². The fraction of sp³-hybridized carbons (Fsp3) is 0.333. The molecule has 0 fully saturated rings. The van der Waals surface area contributed by atoms with Gasteiger partial charge in [0, 0.05) is 6.20 Å². The number of hydrogen-bond acceptors (Lipinski definition) is 6. The molecule has 9 heteroatoms. The number of nitrogens with zero attached hydrogens (tertiary/aromatic N) is 4. The van der Waals surface area contributed by atoms with E-state index in [4.69, 9.17) is 4.52 Å². The van der Waals surface area contributed by atoms with Crippen molar-refractivity contribution in [1.82, 2.24) is 25.4 Å². The van der Waals surface area contributed by atoms with E-state index in [9.17, 15) is 13.2 Å². The van der Waals surface area contributed by atoms with Crippen molar-refractivity contribution in [1.29, 1.82) is 0 Å². The van der Waals surface area contributed by atoms with Gasteiger partial charge in [0.1, 0.15) is 12.0 Å². The van der Waals surface area contributed by atoms with E-state index in [1.54, 1.807) is 6.07 Å². The van der Waals surface area contributed by atoms with Gasteiger partial charge in [-0.2, -0.15) is 18.2 Å². The number of hydrogen-bond donors (Lipinski definition) is 1. The van der Waals surface area contributed by atoms with Crippen LogP contribution in [0.5, 0.6) is 0 Å². The summed E-state index contributed by atoms with van der Waals surface area (Å²) in [5.41, 5.74) is 0.441. The molecule has 0 saturated carbocycles. The van der Waals surface area contributed by atoms with Crippen molar-refractivity contribution in [2.45, 2.75) is 12.7 Å². The quantitative estimate of drug-likeness (QED) is 0.888. The molecule has 0 aromatic carbocycles. The molecule has 2 rings (SSSR count). The fourth-order valence-electron chi connectivity index (χ4n) is 1.16. The van der Waals surface area contributed by atoms with Gasteiger partial charge in [0.2, 0.25) is 11.7 Å². The van der Waals surface area contributed by atoms with E-state index in [-0.39, 0.29) is 18.3 Å². The highest BCUT2D eigenvalue weighted by atomic mass is 19.4. The van der Waals surface area contributed by atoms with Crippen molar-refractivity contribution in [2.75, 3.05) is 6.54 Å². The van der Waals surface area contributed by atoms with Crippen molar-refractivity contribution < 1.29 is 17.7 Å². The molecule has 1 N–H and O–H groups in total. The Hall–Kier alpha value is -2.03. The highest BCUT2D eigenvalue weighted by molar-refractivity contribution is 5.46. The molecule has 0 aliphatic carbocycles. The minimum Gasteiger partial charge on any atom is -0.337 e. The van der Waals surface area contributed by atoms with Crippen LogP contribution < -0.4 is 5.32 Å². The van der Waals surface area contributed by atoms with Crippen molar-refractivity contribution in [2.24, 2.45) is 0 Å². The SMILES string of the molecule is FC(F)(F)CNCc1nc(-c2ccncn2)no1. The van der Waals surface area contributed by atoms with Gasteiger partial charge in [-0.3, -0.25) is 0 Å². The molecule has 0 aliphatic heterocycles. The molecular formula is C9H8F3N5O. The van der Waals surface area contributed by atoms with Gasteiger partial charge in [-0.25, -0.2) is 9.97 Å². The van der Waals surface area contributed by atoms with Crippen LogP contribution in [0, 0.1) is 0 Å². The van der Waals surface area contributed by atoms with Crippen LogP contribution in [0.1, 0.15) is 5.89 Å². The molecule has 6 nitrogen and oxygen atoms in total. The third-order valence-electron chi connectivity index (χ3n) is 1.88. The van der Waals surface area contributed by atoms with Crippen LogP contribution in [0.25, 0.3) is 11.5 Å². The van der Waals surface area contributed by atoms with Gasteiger partial charge >= 0.3 is 6.18 Å². The Kier molecular flexibility index (Phi) is 3.51. The number of alkyl halides is 3. The topological polar surface area (TPSA) is 76.7 Å². The van der Waals surface area contributed by atoms with Gasteiger partial charge in [-0.1, -0.05) is 5.16 Å². The Morgan fingerprint density at radius 2 is 2.17 bits per heavy atom. The lowest BCUT2D eigenvalue weighted by Crippen LogP contribution is -2.28. The second-order valence-corrected chi connectivity index (χ2v) is 3.33. The standard InChI is InChI=1S/C9H8F3N5O/c10-9(11,12)4-14-3-7-16-8(17-18-7)6-1-2-13-5-15-6/h1-2,5,14H,3-4H2. The normalized spacial score (nSPS) is 11.7. The average molecular weight is 259 g/mol. The summed E-state index contributed by atoms with van der Waals surface area (Å²) < 4.78 is 40.4. The Balaban J connectivity index is 1.95. The largest absolute Gasteiger partial charge is 0.401 e. The van der Waals surface area contributed by atoms with Gasteiger partial charge in [-0.15, -0.1) is 0 Å². The Bertz CT molecular complexity index is 498. The molecule has 2 heterocycles. The first-order valence-electron chi connectivity index (χ1n) is 4.91. The lowest BCUT2D eigenvalue weighted by atomic mass is 10.4. The van der Waals surface area contributed by atoms with Gasteiger partial charge in [0.25, 0.3) is 0 Å². The monoisotopic (exact) mass is 259 g/mol. The molecule has 96 valence electrons. The zero-order valence-electron chi connectivity index (χ0n) is 8.98. The molecule has 0 bridgehead atoms. The van der Waals surface area contributed by atoms with Gasteiger partial charge in [0.05, 0.1) is 13.1 Å². The van der Waals surface area contributed by atoms with Gasteiger partial charge in [-0.05, 0) is 6.07 Å². The van der Waals surface area contributed by atoms with E-state index in [0.29, 0.717) is 5.69 Å². The predicted octanol–water partition coefficient (Wildman–Crippen LogP) is 1.18. The van der Waals surface area contributed by atoms with Gasteiger partial charge < -0.3 is 9.84 Å². The third kappa shape index (κ3) is 3.48. The lowest BCUT2D eigenvalue weighted by molar-refractivity contribution is -0.125. The number of aromatic nitrogens is 4. The first-order chi connectivity index (χ1) is 8.54. The summed E-state index contributed by atoms with van der Waals surface area (Å²) in [6, 6.07) is 1.57.